The Kier molecular flexibility index (Phi) is 5.83. The molecule has 1 amide bonds. The predicted octanol–water partition coefficient (Wildman–Crippen LogP) is 2.52. The van der Waals surface area contributed by atoms with Crippen molar-refractivity contribution < 1.29 is 4.79 Å². The molecule has 0 aliphatic heterocycles. The number of para-hydroxylation sites is 1. The Labute approximate surface area is 159 Å². The number of benzene rings is 1. The normalized spacial score (nSPS) is 10.8. The quantitative estimate of drug-likeness (QED) is 0.674. The summed E-state index contributed by atoms with van der Waals surface area (Å²) in [7, 11) is 5.81. The molecule has 3 aromatic rings. The number of hydrogen-bond acceptors (Lipinski definition) is 5. The molecular weight excluding hydrogens is 340 g/mol. The van der Waals surface area contributed by atoms with E-state index in [1.165, 1.54) is 0 Å². The first-order valence-electron chi connectivity index (χ1n) is 8.77. The van der Waals surface area contributed by atoms with Crippen LogP contribution in [0.3, 0.4) is 0 Å². The van der Waals surface area contributed by atoms with Crippen LogP contribution in [0.25, 0.3) is 11.1 Å². The number of nitrogens with zero attached hydrogens (tertiary/aromatic N) is 4. The molecule has 0 spiro atoms. The molecule has 0 aliphatic rings. The van der Waals surface area contributed by atoms with E-state index in [4.69, 9.17) is 0 Å². The maximum atomic E-state index is 12.4. The van der Waals surface area contributed by atoms with Crippen molar-refractivity contribution >= 4 is 17.5 Å². The molecule has 0 fully saturated rings. The molecule has 0 atom stereocenters. The minimum atomic E-state index is -0.0890. The number of hydrogen-bond donors (Lipinski definition) is 2. The van der Waals surface area contributed by atoms with Gasteiger partial charge < -0.3 is 20.1 Å². The number of aromatic nitrogens is 3. The van der Waals surface area contributed by atoms with Gasteiger partial charge in [0.2, 0.25) is 5.95 Å². The van der Waals surface area contributed by atoms with Crippen LogP contribution in [0.1, 0.15) is 10.5 Å². The van der Waals surface area contributed by atoms with Crippen molar-refractivity contribution in [2.45, 2.75) is 0 Å². The summed E-state index contributed by atoms with van der Waals surface area (Å²) in [6.07, 6.45) is 5.41. The Bertz CT molecular complexity index is 887. The van der Waals surface area contributed by atoms with E-state index in [-0.39, 0.29) is 5.91 Å². The number of rotatable bonds is 7. The molecule has 7 nitrogen and oxygen atoms in total. The Hall–Kier alpha value is -3.19. The molecule has 0 bridgehead atoms. The minimum absolute atomic E-state index is 0.0890. The number of nitrogens with one attached hydrogen (secondary N) is 2. The van der Waals surface area contributed by atoms with Crippen LogP contribution in [0.4, 0.5) is 11.6 Å². The molecule has 27 heavy (non-hydrogen) atoms. The number of carbonyl (C=O) groups is 1. The molecule has 0 aliphatic carbocycles. The first-order chi connectivity index (χ1) is 13.0. The fourth-order valence-corrected chi connectivity index (χ4v) is 2.62. The van der Waals surface area contributed by atoms with E-state index in [1.807, 2.05) is 73.2 Å². The third-order valence-electron chi connectivity index (χ3n) is 4.10. The van der Waals surface area contributed by atoms with E-state index in [0.717, 1.165) is 23.4 Å². The zero-order chi connectivity index (χ0) is 19.2. The smallest absolute Gasteiger partial charge is 0.267 e. The Balaban J connectivity index is 1.69. The van der Waals surface area contributed by atoms with E-state index in [1.54, 1.807) is 12.4 Å². The van der Waals surface area contributed by atoms with Crippen molar-refractivity contribution in [3.05, 3.63) is 60.7 Å². The van der Waals surface area contributed by atoms with Gasteiger partial charge in [0.15, 0.2) is 0 Å². The molecule has 2 N–H and O–H groups in total. The van der Waals surface area contributed by atoms with Crippen LogP contribution in [0.5, 0.6) is 0 Å². The summed E-state index contributed by atoms with van der Waals surface area (Å²) in [4.78, 5) is 23.1. The van der Waals surface area contributed by atoms with Gasteiger partial charge in [-0.25, -0.2) is 9.97 Å². The average Bonchev–Trinajstić information content (AvgIpc) is 3.05. The van der Waals surface area contributed by atoms with Gasteiger partial charge in [0.25, 0.3) is 5.91 Å². The van der Waals surface area contributed by atoms with Gasteiger partial charge in [0.05, 0.1) is 0 Å². The summed E-state index contributed by atoms with van der Waals surface area (Å²) in [5.74, 6) is 0.441. The maximum absolute atomic E-state index is 12.4. The third kappa shape index (κ3) is 4.92. The SMILES string of the molecule is CN(C)CCNC(=O)c1cc(-c2cnc(Nc3ccccc3)nc2)cn1C. The maximum Gasteiger partial charge on any atom is 0.267 e. The first kappa shape index (κ1) is 18.6. The number of anilines is 2. The molecule has 7 heteroatoms. The van der Waals surface area contributed by atoms with Crippen LogP contribution in [0.2, 0.25) is 0 Å². The van der Waals surface area contributed by atoms with Gasteiger partial charge >= 0.3 is 0 Å². The first-order valence-corrected chi connectivity index (χ1v) is 8.77. The van der Waals surface area contributed by atoms with Crippen LogP contribution in [-0.4, -0.2) is 52.5 Å². The lowest BCUT2D eigenvalue weighted by atomic mass is 10.2. The summed E-state index contributed by atoms with van der Waals surface area (Å²) < 4.78 is 1.82. The molecule has 0 saturated heterocycles. The van der Waals surface area contributed by atoms with Crippen LogP contribution in [0, 0.1) is 0 Å². The average molecular weight is 364 g/mol. The van der Waals surface area contributed by atoms with Crippen molar-refractivity contribution in [2.75, 3.05) is 32.5 Å². The molecular formula is C20H24N6O. The largest absolute Gasteiger partial charge is 0.349 e. The molecule has 1 aromatic carbocycles. The summed E-state index contributed by atoms with van der Waals surface area (Å²) >= 11 is 0. The van der Waals surface area contributed by atoms with Crippen LogP contribution >= 0.6 is 0 Å². The van der Waals surface area contributed by atoms with Crippen LogP contribution in [0.15, 0.2) is 55.0 Å². The van der Waals surface area contributed by atoms with Gasteiger partial charge in [0.1, 0.15) is 5.69 Å². The molecule has 140 valence electrons. The topological polar surface area (TPSA) is 75.1 Å². The van der Waals surface area contributed by atoms with Gasteiger partial charge in [-0.15, -0.1) is 0 Å². The lowest BCUT2D eigenvalue weighted by Crippen LogP contribution is -2.32. The highest BCUT2D eigenvalue weighted by Gasteiger charge is 2.13. The second-order valence-electron chi connectivity index (χ2n) is 6.57. The van der Waals surface area contributed by atoms with Crippen molar-refractivity contribution in [1.82, 2.24) is 24.8 Å². The molecule has 0 radical (unpaired) electrons. The van der Waals surface area contributed by atoms with Gasteiger partial charge in [-0.3, -0.25) is 4.79 Å². The highest BCUT2D eigenvalue weighted by molar-refractivity contribution is 5.94. The van der Waals surface area contributed by atoms with E-state index in [2.05, 4.69) is 20.6 Å². The molecule has 0 saturated carbocycles. The van der Waals surface area contributed by atoms with Crippen molar-refractivity contribution in [3.63, 3.8) is 0 Å². The zero-order valence-corrected chi connectivity index (χ0v) is 15.8. The lowest BCUT2D eigenvalue weighted by molar-refractivity contribution is 0.0943. The van der Waals surface area contributed by atoms with E-state index in [9.17, 15) is 4.79 Å². The number of carbonyl (C=O) groups excluding carboxylic acids is 1. The van der Waals surface area contributed by atoms with E-state index >= 15 is 0 Å². The number of likely N-dealkylation sites (N-methyl/N-ethyl adjacent to an activating group) is 1. The van der Waals surface area contributed by atoms with Crippen LogP contribution in [-0.2, 0) is 7.05 Å². The molecule has 0 unspecified atom stereocenters. The summed E-state index contributed by atoms with van der Waals surface area (Å²) in [5, 5.41) is 6.08. The standard InChI is InChI=1S/C20H24N6O/c1-25(2)10-9-21-19(27)18-11-15(14-26(18)3)16-12-22-20(23-13-16)24-17-7-5-4-6-8-17/h4-8,11-14H,9-10H2,1-3H3,(H,21,27)(H,22,23,24). The third-order valence-corrected chi connectivity index (χ3v) is 4.10. The Morgan fingerprint density at radius 1 is 1.11 bits per heavy atom. The molecule has 3 rings (SSSR count). The van der Waals surface area contributed by atoms with Crippen LogP contribution < -0.4 is 10.6 Å². The Morgan fingerprint density at radius 2 is 1.81 bits per heavy atom. The second-order valence-corrected chi connectivity index (χ2v) is 6.57. The van der Waals surface area contributed by atoms with Crippen molar-refractivity contribution in [1.29, 1.82) is 0 Å². The lowest BCUT2D eigenvalue weighted by Gasteiger charge is -2.10. The summed E-state index contributed by atoms with van der Waals surface area (Å²) in [5.41, 5.74) is 3.30. The second kappa shape index (κ2) is 8.46. The van der Waals surface area contributed by atoms with E-state index in [0.29, 0.717) is 18.2 Å². The number of aryl methyl sites for hydroxylation is 1. The van der Waals surface area contributed by atoms with Gasteiger partial charge in [-0.1, -0.05) is 18.2 Å². The Morgan fingerprint density at radius 3 is 2.48 bits per heavy atom. The van der Waals surface area contributed by atoms with Gasteiger partial charge in [-0.2, -0.15) is 0 Å². The van der Waals surface area contributed by atoms with Crippen molar-refractivity contribution in [3.8, 4) is 11.1 Å². The minimum Gasteiger partial charge on any atom is -0.349 e. The van der Waals surface area contributed by atoms with Crippen molar-refractivity contribution in [2.24, 2.45) is 7.05 Å². The van der Waals surface area contributed by atoms with Gasteiger partial charge in [-0.05, 0) is 32.3 Å². The molecule has 2 heterocycles. The highest BCUT2D eigenvalue weighted by atomic mass is 16.1. The number of amides is 1. The van der Waals surface area contributed by atoms with E-state index < -0.39 is 0 Å². The summed E-state index contributed by atoms with van der Waals surface area (Å²) in [6.45, 7) is 1.40. The van der Waals surface area contributed by atoms with Gasteiger partial charge in [0, 0.05) is 55.5 Å². The fraction of sp³-hybridized carbons (Fsp3) is 0.250. The predicted molar refractivity (Wildman–Crippen MR) is 107 cm³/mol. The molecule has 2 aromatic heterocycles. The highest BCUT2D eigenvalue weighted by Crippen LogP contribution is 2.21. The summed E-state index contributed by atoms with van der Waals surface area (Å²) in [6, 6.07) is 11.6. The zero-order valence-electron chi connectivity index (χ0n) is 15.8. The monoisotopic (exact) mass is 364 g/mol. The fourth-order valence-electron chi connectivity index (χ4n) is 2.62.